The quantitative estimate of drug-likeness (QED) is 0.485. The maximum Gasteiger partial charge on any atom is 0.0809 e. The Morgan fingerprint density at radius 2 is 1.86 bits per heavy atom. The highest BCUT2D eigenvalue weighted by molar-refractivity contribution is 9.10. The van der Waals surface area contributed by atoms with E-state index in [0.29, 0.717) is 11.3 Å². The van der Waals surface area contributed by atoms with E-state index in [2.05, 4.69) is 60.1 Å². The van der Waals surface area contributed by atoms with Crippen LogP contribution in [0.15, 0.2) is 34.3 Å². The maximum absolute atomic E-state index is 11.4. The second kappa shape index (κ2) is 6.98. The van der Waals surface area contributed by atoms with Gasteiger partial charge in [0, 0.05) is 9.89 Å². The summed E-state index contributed by atoms with van der Waals surface area (Å²) in [5.41, 5.74) is 3.15. The van der Waals surface area contributed by atoms with Crippen molar-refractivity contribution in [2.24, 2.45) is 34.5 Å². The molecule has 0 spiro atoms. The number of benzene rings is 1. The number of halogens is 1. The lowest BCUT2D eigenvalue weighted by molar-refractivity contribution is -0.119. The molecule has 4 fully saturated rings. The highest BCUT2D eigenvalue weighted by atomic mass is 79.9. The smallest absolute Gasteiger partial charge is 0.0809 e. The van der Waals surface area contributed by atoms with Crippen molar-refractivity contribution in [3.05, 3.63) is 39.9 Å². The molecule has 4 aliphatic rings. The van der Waals surface area contributed by atoms with E-state index in [1.807, 2.05) is 0 Å². The average molecular weight is 443 g/mol. The van der Waals surface area contributed by atoms with Gasteiger partial charge in [0.15, 0.2) is 0 Å². The summed E-state index contributed by atoms with van der Waals surface area (Å²) in [5, 5.41) is 11.4. The fourth-order valence-electron chi connectivity index (χ4n) is 8.10. The van der Waals surface area contributed by atoms with E-state index in [0.717, 1.165) is 28.6 Å². The Hall–Kier alpha value is -0.600. The summed E-state index contributed by atoms with van der Waals surface area (Å²) in [6, 6.07) is 8.49. The molecular formula is C26H35BrO. The van der Waals surface area contributed by atoms with Gasteiger partial charge >= 0.3 is 0 Å². The van der Waals surface area contributed by atoms with Gasteiger partial charge in [-0.25, -0.2) is 0 Å². The van der Waals surface area contributed by atoms with Gasteiger partial charge in [0.2, 0.25) is 0 Å². The van der Waals surface area contributed by atoms with Gasteiger partial charge in [0.05, 0.1) is 6.10 Å². The molecule has 0 amide bonds. The van der Waals surface area contributed by atoms with Crippen molar-refractivity contribution in [2.45, 2.75) is 77.7 Å². The molecule has 152 valence electrons. The van der Waals surface area contributed by atoms with Crippen LogP contribution in [0, 0.1) is 34.5 Å². The Labute approximate surface area is 179 Å². The van der Waals surface area contributed by atoms with Crippen LogP contribution in [0.5, 0.6) is 0 Å². The molecule has 5 rings (SSSR count). The highest BCUT2D eigenvalue weighted by Crippen LogP contribution is 2.67. The number of fused-ring (bicyclic) bond motifs is 5. The minimum Gasteiger partial charge on any atom is -0.388 e. The van der Waals surface area contributed by atoms with Crippen LogP contribution in [-0.4, -0.2) is 11.2 Å². The van der Waals surface area contributed by atoms with Crippen LogP contribution >= 0.6 is 15.9 Å². The summed E-state index contributed by atoms with van der Waals surface area (Å²) in [6.07, 6.45) is 14.3. The third-order valence-electron chi connectivity index (χ3n) is 9.65. The summed E-state index contributed by atoms with van der Waals surface area (Å²) < 4.78 is 1.11. The molecule has 0 heterocycles. The molecule has 4 saturated carbocycles. The molecular weight excluding hydrogens is 408 g/mol. The largest absolute Gasteiger partial charge is 0.388 e. The molecule has 2 heteroatoms. The highest BCUT2D eigenvalue weighted by Gasteiger charge is 2.60. The Bertz CT molecular complexity index is 784. The minimum absolute atomic E-state index is 0.0802. The van der Waals surface area contributed by atoms with Crippen molar-refractivity contribution < 1.29 is 5.11 Å². The van der Waals surface area contributed by atoms with E-state index in [-0.39, 0.29) is 11.5 Å². The lowest BCUT2D eigenvalue weighted by atomic mass is 9.45. The summed E-state index contributed by atoms with van der Waals surface area (Å²) in [4.78, 5) is 0. The Morgan fingerprint density at radius 3 is 2.68 bits per heavy atom. The van der Waals surface area contributed by atoms with E-state index < -0.39 is 0 Å². The van der Waals surface area contributed by atoms with Crippen LogP contribution in [0.1, 0.15) is 77.2 Å². The SMILES string of the molecule is C[C@]12CCCC[C@@H]1CC[C@@H]1[C@@H]2CC[C@]2(C)[C@H](O)/C(=C/c3cccc(Br)c3)C[C@@H]12. The van der Waals surface area contributed by atoms with Gasteiger partial charge in [-0.1, -0.05) is 60.8 Å². The van der Waals surface area contributed by atoms with Gasteiger partial charge in [-0.05, 0) is 97.3 Å². The van der Waals surface area contributed by atoms with Gasteiger partial charge < -0.3 is 5.11 Å². The molecule has 28 heavy (non-hydrogen) atoms. The van der Waals surface area contributed by atoms with Crippen LogP contribution in [0.25, 0.3) is 6.08 Å². The normalized spacial score (nSPS) is 46.7. The molecule has 1 aromatic rings. The van der Waals surface area contributed by atoms with Crippen molar-refractivity contribution >= 4 is 22.0 Å². The van der Waals surface area contributed by atoms with Crippen molar-refractivity contribution in [1.29, 1.82) is 0 Å². The topological polar surface area (TPSA) is 20.2 Å². The molecule has 0 aliphatic heterocycles. The van der Waals surface area contributed by atoms with Crippen molar-refractivity contribution in [3.63, 3.8) is 0 Å². The molecule has 0 unspecified atom stereocenters. The zero-order valence-corrected chi connectivity index (χ0v) is 19.0. The lowest BCUT2D eigenvalue weighted by Gasteiger charge is -2.60. The first-order valence-electron chi connectivity index (χ1n) is 11.6. The number of hydrogen-bond acceptors (Lipinski definition) is 1. The number of hydrogen-bond donors (Lipinski definition) is 1. The number of aliphatic hydroxyl groups is 1. The Kier molecular flexibility index (Phi) is 4.83. The first-order valence-corrected chi connectivity index (χ1v) is 12.4. The molecule has 0 bridgehead atoms. The van der Waals surface area contributed by atoms with E-state index >= 15 is 0 Å². The molecule has 1 nitrogen and oxygen atoms in total. The average Bonchev–Trinajstić information content (AvgIpc) is 2.92. The second-order valence-corrected chi connectivity index (χ2v) is 11.7. The first-order chi connectivity index (χ1) is 13.4. The summed E-state index contributed by atoms with van der Waals surface area (Å²) >= 11 is 3.59. The lowest BCUT2D eigenvalue weighted by Crippen LogP contribution is -2.53. The molecule has 0 radical (unpaired) electrons. The van der Waals surface area contributed by atoms with Crippen LogP contribution in [-0.2, 0) is 0 Å². The van der Waals surface area contributed by atoms with Gasteiger partial charge in [-0.15, -0.1) is 0 Å². The minimum atomic E-state index is -0.269. The van der Waals surface area contributed by atoms with E-state index in [1.54, 1.807) is 0 Å². The molecule has 4 aliphatic carbocycles. The van der Waals surface area contributed by atoms with E-state index in [1.165, 1.54) is 62.5 Å². The summed E-state index contributed by atoms with van der Waals surface area (Å²) in [5.74, 6) is 3.34. The van der Waals surface area contributed by atoms with Crippen molar-refractivity contribution in [1.82, 2.24) is 0 Å². The predicted molar refractivity (Wildman–Crippen MR) is 120 cm³/mol. The van der Waals surface area contributed by atoms with E-state index in [9.17, 15) is 5.11 Å². The number of rotatable bonds is 1. The zero-order valence-electron chi connectivity index (χ0n) is 17.5. The molecule has 1 N–H and O–H groups in total. The van der Waals surface area contributed by atoms with Gasteiger partial charge in [0.1, 0.15) is 0 Å². The summed E-state index contributed by atoms with van der Waals surface area (Å²) in [7, 11) is 0. The summed E-state index contributed by atoms with van der Waals surface area (Å²) in [6.45, 7) is 5.04. The van der Waals surface area contributed by atoms with Crippen LogP contribution < -0.4 is 0 Å². The number of aliphatic hydroxyl groups excluding tert-OH is 1. The van der Waals surface area contributed by atoms with Crippen LogP contribution in [0.2, 0.25) is 0 Å². The Morgan fingerprint density at radius 1 is 1.00 bits per heavy atom. The van der Waals surface area contributed by atoms with Crippen LogP contribution in [0.3, 0.4) is 0 Å². The fourth-order valence-corrected chi connectivity index (χ4v) is 8.52. The Balaban J connectivity index is 1.46. The van der Waals surface area contributed by atoms with Gasteiger partial charge in [-0.2, -0.15) is 0 Å². The van der Waals surface area contributed by atoms with Gasteiger partial charge in [-0.3, -0.25) is 0 Å². The third kappa shape index (κ3) is 2.88. The second-order valence-electron chi connectivity index (χ2n) is 10.8. The predicted octanol–water partition coefficient (Wildman–Crippen LogP) is 7.24. The molecule has 1 aromatic carbocycles. The third-order valence-corrected chi connectivity index (χ3v) is 10.1. The molecule has 0 aromatic heterocycles. The van der Waals surface area contributed by atoms with Crippen molar-refractivity contribution in [2.75, 3.05) is 0 Å². The standard InChI is InChI=1S/C26H35BrO/c1-25-12-4-3-7-19(25)9-10-21-22(25)11-13-26(2)23(21)16-18(24(26)28)14-17-6-5-8-20(27)15-17/h5-6,8,14-15,19,21-24,28H,3-4,7,9-13,16H2,1-2H3/b18-14+/t19-,21-,22+,23+,24-,25+,26+/m1/s1. The maximum atomic E-state index is 11.4. The fraction of sp³-hybridized carbons (Fsp3) is 0.692. The van der Waals surface area contributed by atoms with Crippen molar-refractivity contribution in [3.8, 4) is 0 Å². The first kappa shape index (κ1) is 19.4. The van der Waals surface area contributed by atoms with Gasteiger partial charge in [0.25, 0.3) is 0 Å². The molecule has 0 saturated heterocycles. The van der Waals surface area contributed by atoms with Crippen LogP contribution in [0.4, 0.5) is 0 Å². The monoisotopic (exact) mass is 442 g/mol. The zero-order chi connectivity index (χ0) is 19.5. The molecule has 7 atom stereocenters. The van der Waals surface area contributed by atoms with E-state index in [4.69, 9.17) is 0 Å².